The van der Waals surface area contributed by atoms with Crippen LogP contribution in [0.1, 0.15) is 0 Å². The average molecular weight is 264 g/mol. The topological polar surface area (TPSA) is 89.6 Å². The molecule has 6 nitrogen and oxygen atoms in total. The molecule has 0 saturated carbocycles. The number of nitrogens with zero attached hydrogens (tertiary/aromatic N) is 4. The molecule has 20 heavy (non-hydrogen) atoms. The highest BCUT2D eigenvalue weighted by molar-refractivity contribution is 5.65. The van der Waals surface area contributed by atoms with Crippen LogP contribution in [0.3, 0.4) is 0 Å². The van der Waals surface area contributed by atoms with Crippen molar-refractivity contribution in [2.24, 2.45) is 5.84 Å². The highest BCUT2D eigenvalue weighted by atomic mass is 15.3. The van der Waals surface area contributed by atoms with E-state index in [0.717, 1.165) is 11.3 Å². The minimum atomic E-state index is 0.502. The summed E-state index contributed by atoms with van der Waals surface area (Å²) >= 11 is 0. The molecule has 0 aliphatic rings. The van der Waals surface area contributed by atoms with Crippen LogP contribution in [0.2, 0.25) is 0 Å². The quantitative estimate of drug-likeness (QED) is 0.554. The zero-order valence-electron chi connectivity index (χ0n) is 10.6. The monoisotopic (exact) mass is 264 g/mol. The Morgan fingerprint density at radius 1 is 0.950 bits per heavy atom. The largest absolute Gasteiger partial charge is 0.308 e. The fraction of sp³-hybridized carbons (Fsp3) is 0. The molecular formula is C14H12N6. The van der Waals surface area contributed by atoms with Gasteiger partial charge in [-0.2, -0.15) is 0 Å². The summed E-state index contributed by atoms with van der Waals surface area (Å²) in [5, 5.41) is 0. The molecule has 0 radical (unpaired) electrons. The van der Waals surface area contributed by atoms with Crippen molar-refractivity contribution < 1.29 is 0 Å². The molecule has 2 aromatic heterocycles. The Morgan fingerprint density at radius 3 is 2.50 bits per heavy atom. The van der Waals surface area contributed by atoms with Gasteiger partial charge in [0.2, 0.25) is 0 Å². The molecule has 0 fully saturated rings. The first-order chi connectivity index (χ1) is 9.86. The first-order valence-electron chi connectivity index (χ1n) is 6.04. The summed E-state index contributed by atoms with van der Waals surface area (Å²) in [7, 11) is 0. The second-order valence-electron chi connectivity index (χ2n) is 4.07. The Kier molecular flexibility index (Phi) is 3.30. The van der Waals surface area contributed by atoms with E-state index in [0.29, 0.717) is 17.3 Å². The van der Waals surface area contributed by atoms with Crippen LogP contribution in [0.4, 0.5) is 5.82 Å². The zero-order chi connectivity index (χ0) is 13.8. The molecule has 0 unspecified atom stereocenters. The molecule has 3 rings (SSSR count). The Hall–Kier alpha value is -2.86. The van der Waals surface area contributed by atoms with Gasteiger partial charge < -0.3 is 5.43 Å². The Balaban J connectivity index is 2.13. The van der Waals surface area contributed by atoms with Crippen LogP contribution in [0.15, 0.2) is 55.0 Å². The van der Waals surface area contributed by atoms with Crippen molar-refractivity contribution in [2.75, 3.05) is 5.43 Å². The van der Waals surface area contributed by atoms with Gasteiger partial charge in [-0.1, -0.05) is 30.3 Å². The number of hydrogen-bond acceptors (Lipinski definition) is 6. The zero-order valence-corrected chi connectivity index (χ0v) is 10.6. The number of benzene rings is 1. The molecule has 0 bridgehead atoms. The normalized spacial score (nSPS) is 10.2. The van der Waals surface area contributed by atoms with Crippen molar-refractivity contribution in [3.8, 4) is 22.8 Å². The summed E-state index contributed by atoms with van der Waals surface area (Å²) < 4.78 is 0. The number of hydrazine groups is 1. The van der Waals surface area contributed by atoms with Crippen molar-refractivity contribution in [3.05, 3.63) is 55.0 Å². The van der Waals surface area contributed by atoms with E-state index in [-0.39, 0.29) is 0 Å². The lowest BCUT2D eigenvalue weighted by atomic mass is 10.1. The summed E-state index contributed by atoms with van der Waals surface area (Å²) in [6.45, 7) is 0. The van der Waals surface area contributed by atoms with Gasteiger partial charge in [-0.25, -0.2) is 25.8 Å². The SMILES string of the molecule is NNc1cc(-c2ccccc2)nc(-c2ccncn2)n1. The molecule has 2 heterocycles. The predicted molar refractivity (Wildman–Crippen MR) is 76.3 cm³/mol. The lowest BCUT2D eigenvalue weighted by Crippen LogP contribution is -2.10. The maximum absolute atomic E-state index is 5.47. The highest BCUT2D eigenvalue weighted by Gasteiger charge is 2.08. The highest BCUT2D eigenvalue weighted by Crippen LogP contribution is 2.22. The smallest absolute Gasteiger partial charge is 0.180 e. The third-order valence-electron chi connectivity index (χ3n) is 2.75. The van der Waals surface area contributed by atoms with E-state index in [1.807, 2.05) is 30.3 Å². The molecule has 0 amide bonds. The fourth-order valence-corrected chi connectivity index (χ4v) is 1.82. The minimum absolute atomic E-state index is 0.502. The number of nitrogen functional groups attached to an aromatic ring is 1. The minimum Gasteiger partial charge on any atom is -0.308 e. The van der Waals surface area contributed by atoms with E-state index < -0.39 is 0 Å². The summed E-state index contributed by atoms with van der Waals surface area (Å²) in [5.41, 5.74) is 4.97. The van der Waals surface area contributed by atoms with Crippen LogP contribution >= 0.6 is 0 Å². The van der Waals surface area contributed by atoms with Crippen molar-refractivity contribution >= 4 is 5.82 Å². The van der Waals surface area contributed by atoms with Crippen LogP contribution in [-0.4, -0.2) is 19.9 Å². The van der Waals surface area contributed by atoms with Crippen molar-refractivity contribution in [2.45, 2.75) is 0 Å². The van der Waals surface area contributed by atoms with Gasteiger partial charge in [-0.3, -0.25) is 0 Å². The van der Waals surface area contributed by atoms with Crippen molar-refractivity contribution in [1.82, 2.24) is 19.9 Å². The first-order valence-corrected chi connectivity index (χ1v) is 6.04. The van der Waals surface area contributed by atoms with Gasteiger partial charge in [-0.05, 0) is 6.07 Å². The maximum Gasteiger partial charge on any atom is 0.180 e. The number of anilines is 1. The van der Waals surface area contributed by atoms with Gasteiger partial charge in [0.15, 0.2) is 5.82 Å². The van der Waals surface area contributed by atoms with Crippen molar-refractivity contribution in [1.29, 1.82) is 0 Å². The molecule has 0 aliphatic carbocycles. The average Bonchev–Trinajstić information content (AvgIpc) is 2.56. The molecule has 6 heteroatoms. The first kappa shape index (κ1) is 12.2. The van der Waals surface area contributed by atoms with E-state index in [1.54, 1.807) is 18.3 Å². The molecule has 0 atom stereocenters. The summed E-state index contributed by atoms with van der Waals surface area (Å²) in [6, 6.07) is 13.4. The Labute approximate surface area is 115 Å². The molecule has 98 valence electrons. The summed E-state index contributed by atoms with van der Waals surface area (Å²) in [4.78, 5) is 16.9. The van der Waals surface area contributed by atoms with Gasteiger partial charge in [0.1, 0.15) is 17.8 Å². The fourth-order valence-electron chi connectivity index (χ4n) is 1.82. The number of nitrogens with one attached hydrogen (secondary N) is 1. The summed E-state index contributed by atoms with van der Waals surface area (Å²) in [6.07, 6.45) is 3.11. The second kappa shape index (κ2) is 5.41. The van der Waals surface area contributed by atoms with E-state index in [4.69, 9.17) is 5.84 Å². The predicted octanol–water partition coefficient (Wildman–Crippen LogP) is 1.89. The van der Waals surface area contributed by atoms with Gasteiger partial charge in [0.05, 0.1) is 5.69 Å². The van der Waals surface area contributed by atoms with Crippen molar-refractivity contribution in [3.63, 3.8) is 0 Å². The number of rotatable bonds is 3. The third-order valence-corrected chi connectivity index (χ3v) is 2.75. The van der Waals surface area contributed by atoms with Gasteiger partial charge in [0, 0.05) is 17.8 Å². The van der Waals surface area contributed by atoms with E-state index >= 15 is 0 Å². The lowest BCUT2D eigenvalue weighted by molar-refractivity contribution is 1.10. The molecule has 0 spiro atoms. The van der Waals surface area contributed by atoms with Crippen LogP contribution in [-0.2, 0) is 0 Å². The van der Waals surface area contributed by atoms with Crippen LogP contribution in [0.5, 0.6) is 0 Å². The number of aromatic nitrogens is 4. The van der Waals surface area contributed by atoms with E-state index in [2.05, 4.69) is 25.4 Å². The van der Waals surface area contributed by atoms with Crippen LogP contribution < -0.4 is 11.3 Å². The maximum atomic E-state index is 5.47. The van der Waals surface area contributed by atoms with Crippen LogP contribution in [0.25, 0.3) is 22.8 Å². The van der Waals surface area contributed by atoms with Gasteiger partial charge >= 0.3 is 0 Å². The Morgan fingerprint density at radius 2 is 1.80 bits per heavy atom. The van der Waals surface area contributed by atoms with E-state index in [1.165, 1.54) is 6.33 Å². The molecule has 3 aromatic rings. The van der Waals surface area contributed by atoms with E-state index in [9.17, 15) is 0 Å². The van der Waals surface area contributed by atoms with Gasteiger partial charge in [-0.15, -0.1) is 0 Å². The standard InChI is InChI=1S/C14H12N6/c15-20-13-8-12(10-4-2-1-3-5-10)18-14(19-13)11-6-7-16-9-17-11/h1-9H,15H2,(H,18,19,20). The number of hydrogen-bond donors (Lipinski definition) is 2. The molecule has 0 saturated heterocycles. The molecule has 1 aromatic carbocycles. The molecule has 3 N–H and O–H groups in total. The lowest BCUT2D eigenvalue weighted by Gasteiger charge is -2.07. The Bertz CT molecular complexity index is 642. The number of nitrogens with two attached hydrogens (primary N) is 1. The van der Waals surface area contributed by atoms with Crippen LogP contribution in [0, 0.1) is 0 Å². The second-order valence-corrected chi connectivity index (χ2v) is 4.07. The third kappa shape index (κ3) is 2.45. The molecule has 0 aliphatic heterocycles. The molecular weight excluding hydrogens is 252 g/mol. The van der Waals surface area contributed by atoms with Gasteiger partial charge in [0.25, 0.3) is 0 Å². The summed E-state index contributed by atoms with van der Waals surface area (Å²) in [5.74, 6) is 6.51.